The molecule has 1 amide bonds. The third kappa shape index (κ3) is 4.75. The minimum Gasteiger partial charge on any atom is -0.494 e. The van der Waals surface area contributed by atoms with Crippen molar-refractivity contribution in [1.82, 2.24) is 9.88 Å². The molecule has 0 atom stereocenters. The van der Waals surface area contributed by atoms with Crippen LogP contribution in [-0.4, -0.2) is 41.8 Å². The Morgan fingerprint density at radius 1 is 1.19 bits per heavy atom. The second-order valence-electron chi connectivity index (χ2n) is 6.53. The molecular weight excluding hydrogens is 328 g/mol. The number of rotatable bonds is 9. The van der Waals surface area contributed by atoms with Gasteiger partial charge in [0.05, 0.1) is 6.61 Å². The van der Waals surface area contributed by atoms with Crippen molar-refractivity contribution in [2.45, 2.75) is 40.0 Å². The summed E-state index contributed by atoms with van der Waals surface area (Å²) in [5.41, 5.74) is 2.82. The molecule has 5 heteroatoms. The number of H-pyrrole nitrogens is 1. The van der Waals surface area contributed by atoms with Crippen LogP contribution in [0.15, 0.2) is 30.3 Å². The fourth-order valence-electron chi connectivity index (χ4n) is 3.14. The summed E-state index contributed by atoms with van der Waals surface area (Å²) < 4.78 is 5.67. The van der Waals surface area contributed by atoms with Crippen LogP contribution in [0.1, 0.15) is 58.8 Å². The molecule has 0 spiro atoms. The highest BCUT2D eigenvalue weighted by atomic mass is 16.5. The number of benzene rings is 1. The molecule has 0 fully saturated rings. The van der Waals surface area contributed by atoms with Crippen LogP contribution < -0.4 is 4.74 Å². The number of aromatic amines is 1. The average Bonchev–Trinajstić information content (AvgIpc) is 2.95. The van der Waals surface area contributed by atoms with Crippen LogP contribution in [0, 0.1) is 6.92 Å². The van der Waals surface area contributed by atoms with Gasteiger partial charge in [-0.3, -0.25) is 9.59 Å². The molecule has 2 aromatic rings. The molecule has 26 heavy (non-hydrogen) atoms. The van der Waals surface area contributed by atoms with E-state index in [9.17, 15) is 9.59 Å². The molecule has 0 aliphatic heterocycles. The van der Waals surface area contributed by atoms with Gasteiger partial charge in [0.1, 0.15) is 11.4 Å². The van der Waals surface area contributed by atoms with E-state index in [2.05, 4.69) is 4.98 Å². The zero-order valence-corrected chi connectivity index (χ0v) is 16.1. The highest BCUT2D eigenvalue weighted by Gasteiger charge is 2.24. The Morgan fingerprint density at radius 3 is 2.50 bits per heavy atom. The van der Waals surface area contributed by atoms with Gasteiger partial charge < -0.3 is 14.6 Å². The maximum absolute atomic E-state index is 12.8. The number of aromatic nitrogens is 1. The summed E-state index contributed by atoms with van der Waals surface area (Å²) in [6.07, 6.45) is 2.33. The number of amides is 1. The van der Waals surface area contributed by atoms with Gasteiger partial charge in [0, 0.05) is 24.8 Å². The van der Waals surface area contributed by atoms with Crippen molar-refractivity contribution in [2.75, 3.05) is 20.2 Å². The second kappa shape index (κ2) is 9.22. The van der Waals surface area contributed by atoms with E-state index < -0.39 is 0 Å². The zero-order chi connectivity index (χ0) is 19.1. The fourth-order valence-corrected chi connectivity index (χ4v) is 3.14. The summed E-state index contributed by atoms with van der Waals surface area (Å²) >= 11 is 0. The highest BCUT2D eigenvalue weighted by Crippen LogP contribution is 2.22. The van der Waals surface area contributed by atoms with Gasteiger partial charge in [-0.05, 0) is 44.4 Å². The van der Waals surface area contributed by atoms with Crippen molar-refractivity contribution in [3.8, 4) is 5.75 Å². The van der Waals surface area contributed by atoms with Crippen molar-refractivity contribution in [1.29, 1.82) is 0 Å². The molecule has 1 aromatic carbocycles. The van der Waals surface area contributed by atoms with Crippen LogP contribution >= 0.6 is 0 Å². The summed E-state index contributed by atoms with van der Waals surface area (Å²) in [6.45, 7) is 6.58. The van der Waals surface area contributed by atoms with Crippen LogP contribution in [0.25, 0.3) is 0 Å². The largest absolute Gasteiger partial charge is 0.494 e. The molecule has 5 nitrogen and oxygen atoms in total. The van der Waals surface area contributed by atoms with Gasteiger partial charge >= 0.3 is 0 Å². The van der Waals surface area contributed by atoms with E-state index in [4.69, 9.17) is 4.74 Å². The van der Waals surface area contributed by atoms with Crippen LogP contribution in [0.3, 0.4) is 0 Å². The SMILES string of the molecule is CCCc1c(C(=O)N(C)CCCOc2ccccc2)[nH]c(C)c1C(C)=O. The molecule has 0 bridgehead atoms. The average molecular weight is 356 g/mol. The van der Waals surface area contributed by atoms with Gasteiger partial charge in [0.25, 0.3) is 5.91 Å². The van der Waals surface area contributed by atoms with Crippen molar-refractivity contribution in [2.24, 2.45) is 0 Å². The Kier molecular flexibility index (Phi) is 7.01. The molecule has 0 aliphatic rings. The summed E-state index contributed by atoms with van der Waals surface area (Å²) in [5, 5.41) is 0. The number of hydrogen-bond donors (Lipinski definition) is 1. The third-order valence-electron chi connectivity index (χ3n) is 4.35. The first-order valence-corrected chi connectivity index (χ1v) is 9.11. The zero-order valence-electron chi connectivity index (χ0n) is 16.1. The third-order valence-corrected chi connectivity index (χ3v) is 4.35. The molecule has 1 N–H and O–H groups in total. The van der Waals surface area contributed by atoms with Gasteiger partial charge in [-0.1, -0.05) is 31.5 Å². The molecule has 0 aliphatic carbocycles. The number of carbonyl (C=O) groups is 2. The van der Waals surface area contributed by atoms with E-state index in [1.54, 1.807) is 18.9 Å². The molecule has 1 aromatic heterocycles. The first-order chi connectivity index (χ1) is 12.5. The Balaban J connectivity index is 1.99. The minimum atomic E-state index is -0.0799. The predicted octanol–water partition coefficient (Wildman–Crippen LogP) is 4.02. The Morgan fingerprint density at radius 2 is 1.88 bits per heavy atom. The second-order valence-corrected chi connectivity index (χ2v) is 6.53. The maximum atomic E-state index is 12.8. The van der Waals surface area contributed by atoms with Crippen molar-refractivity contribution >= 4 is 11.7 Å². The van der Waals surface area contributed by atoms with Gasteiger partial charge in [0.15, 0.2) is 5.78 Å². The highest BCUT2D eigenvalue weighted by molar-refractivity contribution is 6.02. The number of carbonyl (C=O) groups excluding carboxylic acids is 2. The molecule has 0 unspecified atom stereocenters. The molecule has 1 heterocycles. The Bertz CT molecular complexity index is 750. The smallest absolute Gasteiger partial charge is 0.270 e. The summed E-state index contributed by atoms with van der Waals surface area (Å²) in [7, 11) is 1.78. The minimum absolute atomic E-state index is 0.000152. The van der Waals surface area contributed by atoms with Crippen molar-refractivity contribution < 1.29 is 14.3 Å². The topological polar surface area (TPSA) is 62.4 Å². The number of aryl methyl sites for hydroxylation is 1. The van der Waals surface area contributed by atoms with E-state index in [0.29, 0.717) is 30.8 Å². The lowest BCUT2D eigenvalue weighted by atomic mass is 10.0. The number of ketones is 1. The number of nitrogens with zero attached hydrogens (tertiary/aromatic N) is 1. The van der Waals surface area contributed by atoms with Gasteiger partial charge in [-0.15, -0.1) is 0 Å². The molecule has 0 saturated carbocycles. The lowest BCUT2D eigenvalue weighted by Gasteiger charge is -2.17. The fraction of sp³-hybridized carbons (Fsp3) is 0.429. The summed E-state index contributed by atoms with van der Waals surface area (Å²) in [5.74, 6) is 0.752. The maximum Gasteiger partial charge on any atom is 0.270 e. The lowest BCUT2D eigenvalue weighted by molar-refractivity contribution is 0.0781. The quantitative estimate of drug-likeness (QED) is 0.545. The summed E-state index contributed by atoms with van der Waals surface area (Å²) in [4.78, 5) is 29.6. The first-order valence-electron chi connectivity index (χ1n) is 9.11. The Labute approximate surface area is 155 Å². The number of nitrogens with one attached hydrogen (secondary N) is 1. The molecule has 140 valence electrons. The van der Waals surface area contributed by atoms with Gasteiger partial charge in [-0.2, -0.15) is 0 Å². The van der Waals surface area contributed by atoms with Crippen LogP contribution in [-0.2, 0) is 6.42 Å². The van der Waals surface area contributed by atoms with E-state index in [0.717, 1.165) is 29.8 Å². The molecule has 0 radical (unpaired) electrons. The van der Waals surface area contributed by atoms with Crippen LogP contribution in [0.2, 0.25) is 0 Å². The standard InChI is InChI=1S/C21H28N2O3/c1-5-10-18-19(16(3)24)15(2)22-20(18)21(25)23(4)13-9-14-26-17-11-7-6-8-12-17/h6-8,11-12,22H,5,9-10,13-14H2,1-4H3. The van der Waals surface area contributed by atoms with Gasteiger partial charge in [-0.25, -0.2) is 0 Å². The predicted molar refractivity (Wildman–Crippen MR) is 103 cm³/mol. The normalized spacial score (nSPS) is 10.6. The first kappa shape index (κ1) is 19.8. The van der Waals surface area contributed by atoms with E-state index in [1.807, 2.05) is 44.2 Å². The molecule has 0 saturated heterocycles. The van der Waals surface area contributed by atoms with E-state index in [1.165, 1.54) is 0 Å². The number of hydrogen-bond acceptors (Lipinski definition) is 3. The van der Waals surface area contributed by atoms with Crippen LogP contribution in [0.4, 0.5) is 0 Å². The number of ether oxygens (including phenoxy) is 1. The number of para-hydroxylation sites is 1. The Hall–Kier alpha value is -2.56. The van der Waals surface area contributed by atoms with E-state index >= 15 is 0 Å². The lowest BCUT2D eigenvalue weighted by Crippen LogP contribution is -2.29. The molecular formula is C21H28N2O3. The monoisotopic (exact) mass is 356 g/mol. The number of Topliss-reactive ketones (excluding diaryl/α,β-unsaturated/α-hetero) is 1. The van der Waals surface area contributed by atoms with E-state index in [-0.39, 0.29) is 11.7 Å². The van der Waals surface area contributed by atoms with Crippen molar-refractivity contribution in [3.05, 3.63) is 52.8 Å². The van der Waals surface area contributed by atoms with Gasteiger partial charge in [0.2, 0.25) is 0 Å². The van der Waals surface area contributed by atoms with Crippen LogP contribution in [0.5, 0.6) is 5.75 Å². The van der Waals surface area contributed by atoms with Crippen molar-refractivity contribution in [3.63, 3.8) is 0 Å². The molecule has 2 rings (SSSR count). The summed E-state index contributed by atoms with van der Waals surface area (Å²) in [6, 6.07) is 9.63.